The Balaban J connectivity index is 1.75. The lowest BCUT2D eigenvalue weighted by atomic mass is 10.1. The number of rotatable bonds is 6. The van der Waals surface area contributed by atoms with Crippen molar-refractivity contribution in [3.8, 4) is 11.5 Å². The highest BCUT2D eigenvalue weighted by Crippen LogP contribution is 2.34. The normalized spacial score (nSPS) is 15.9. The molecule has 0 bridgehead atoms. The number of non-ortho nitro benzene ring substituents is 1. The first kappa shape index (κ1) is 20.1. The second-order valence-corrected chi connectivity index (χ2v) is 6.62. The summed E-state index contributed by atoms with van der Waals surface area (Å²) < 4.78 is 10.5. The van der Waals surface area contributed by atoms with Crippen LogP contribution in [0.25, 0.3) is 0 Å². The van der Waals surface area contributed by atoms with Crippen molar-refractivity contribution >= 4 is 28.9 Å². The lowest BCUT2D eigenvalue weighted by Crippen LogP contribution is -2.34. The van der Waals surface area contributed by atoms with Crippen molar-refractivity contribution < 1.29 is 24.0 Å². The van der Waals surface area contributed by atoms with E-state index in [1.165, 1.54) is 43.4 Å². The van der Waals surface area contributed by atoms with Gasteiger partial charge in [-0.25, -0.2) is 0 Å². The number of hydrogen-bond acceptors (Lipinski definition) is 6. The molecular weight excluding hydrogens is 378 g/mol. The zero-order valence-electron chi connectivity index (χ0n) is 16.3. The molecule has 1 atom stereocenters. The fourth-order valence-electron chi connectivity index (χ4n) is 3.31. The number of nitro benzene ring substituents is 1. The predicted octanol–water partition coefficient (Wildman–Crippen LogP) is 2.63. The largest absolute Gasteiger partial charge is 0.493 e. The maximum Gasteiger partial charge on any atom is 0.269 e. The van der Waals surface area contributed by atoms with Crippen LogP contribution in [0.4, 0.5) is 17.1 Å². The smallest absolute Gasteiger partial charge is 0.269 e. The molecule has 0 unspecified atom stereocenters. The van der Waals surface area contributed by atoms with Gasteiger partial charge < -0.3 is 19.3 Å². The number of carbonyl (C=O) groups excluding carboxylic acids is 2. The highest BCUT2D eigenvalue weighted by Gasteiger charge is 2.37. The summed E-state index contributed by atoms with van der Waals surface area (Å²) in [5.41, 5.74) is 1.10. The molecule has 9 nitrogen and oxygen atoms in total. The first-order valence-electron chi connectivity index (χ1n) is 8.90. The van der Waals surface area contributed by atoms with Crippen molar-refractivity contribution in [2.45, 2.75) is 6.42 Å². The number of methoxy groups -OCH3 is 2. The van der Waals surface area contributed by atoms with Crippen LogP contribution in [-0.2, 0) is 9.59 Å². The van der Waals surface area contributed by atoms with Gasteiger partial charge in [0.2, 0.25) is 11.8 Å². The van der Waals surface area contributed by atoms with Crippen molar-refractivity contribution in [2.75, 3.05) is 37.6 Å². The highest BCUT2D eigenvalue weighted by atomic mass is 16.6. The fourth-order valence-corrected chi connectivity index (χ4v) is 3.31. The molecule has 0 saturated carbocycles. The van der Waals surface area contributed by atoms with E-state index in [2.05, 4.69) is 0 Å². The summed E-state index contributed by atoms with van der Waals surface area (Å²) in [6.07, 6.45) is 0.0878. The van der Waals surface area contributed by atoms with Crippen molar-refractivity contribution in [1.82, 2.24) is 0 Å². The standard InChI is InChI=1S/C20H21N3O6/c1-21(14-4-6-15(7-5-14)23(26)27)20(25)13-10-19(24)22(12-13)16-8-9-17(28-2)18(11-16)29-3/h4-9,11,13H,10,12H2,1-3H3/t13-/m0/s1. The molecule has 1 fully saturated rings. The van der Waals surface area contributed by atoms with Gasteiger partial charge in [-0.2, -0.15) is 0 Å². The molecule has 0 aliphatic carbocycles. The predicted molar refractivity (Wildman–Crippen MR) is 107 cm³/mol. The Morgan fingerprint density at radius 2 is 1.79 bits per heavy atom. The zero-order valence-corrected chi connectivity index (χ0v) is 16.3. The van der Waals surface area contributed by atoms with E-state index in [1.54, 1.807) is 30.1 Å². The van der Waals surface area contributed by atoms with Gasteiger partial charge in [-0.05, 0) is 24.3 Å². The summed E-state index contributed by atoms with van der Waals surface area (Å²) in [5.74, 6) is 0.141. The Morgan fingerprint density at radius 1 is 1.14 bits per heavy atom. The van der Waals surface area contributed by atoms with Gasteiger partial charge in [0.1, 0.15) is 0 Å². The second-order valence-electron chi connectivity index (χ2n) is 6.62. The van der Waals surface area contributed by atoms with Gasteiger partial charge >= 0.3 is 0 Å². The van der Waals surface area contributed by atoms with Gasteiger partial charge in [0.05, 0.1) is 25.1 Å². The zero-order chi connectivity index (χ0) is 21.1. The van der Waals surface area contributed by atoms with Crippen LogP contribution in [0.3, 0.4) is 0 Å². The summed E-state index contributed by atoms with van der Waals surface area (Å²) in [7, 11) is 4.63. The first-order valence-corrected chi connectivity index (χ1v) is 8.90. The minimum Gasteiger partial charge on any atom is -0.493 e. The molecule has 29 heavy (non-hydrogen) atoms. The fraction of sp³-hybridized carbons (Fsp3) is 0.300. The molecule has 2 amide bonds. The first-order chi connectivity index (χ1) is 13.8. The highest BCUT2D eigenvalue weighted by molar-refractivity contribution is 6.04. The molecule has 152 valence electrons. The van der Waals surface area contributed by atoms with Crippen molar-refractivity contribution in [3.05, 3.63) is 52.6 Å². The van der Waals surface area contributed by atoms with Crippen molar-refractivity contribution in [2.24, 2.45) is 5.92 Å². The Kier molecular flexibility index (Phi) is 5.67. The average molecular weight is 399 g/mol. The third kappa shape index (κ3) is 3.98. The van der Waals surface area contributed by atoms with Gasteiger partial charge in [0, 0.05) is 49.6 Å². The number of carbonyl (C=O) groups is 2. The molecule has 2 aromatic rings. The second kappa shape index (κ2) is 8.17. The van der Waals surface area contributed by atoms with Crippen LogP contribution in [0, 0.1) is 16.0 Å². The Hall–Kier alpha value is -3.62. The van der Waals surface area contributed by atoms with Crippen LogP contribution in [-0.4, -0.2) is 44.5 Å². The van der Waals surface area contributed by atoms with Gasteiger partial charge in [-0.15, -0.1) is 0 Å². The molecule has 2 aromatic carbocycles. The number of nitrogens with zero attached hydrogens (tertiary/aromatic N) is 3. The minimum atomic E-state index is -0.518. The molecule has 1 aliphatic heterocycles. The average Bonchev–Trinajstić information content (AvgIpc) is 3.13. The van der Waals surface area contributed by atoms with Crippen LogP contribution in [0.15, 0.2) is 42.5 Å². The Bertz CT molecular complexity index is 944. The monoisotopic (exact) mass is 399 g/mol. The molecule has 3 rings (SSSR count). The Labute approximate surface area is 167 Å². The number of hydrogen-bond donors (Lipinski definition) is 0. The van der Waals surface area contributed by atoms with Crippen LogP contribution in [0.2, 0.25) is 0 Å². The third-order valence-electron chi connectivity index (χ3n) is 4.93. The van der Waals surface area contributed by atoms with E-state index in [9.17, 15) is 19.7 Å². The van der Waals surface area contributed by atoms with E-state index in [1.807, 2.05) is 0 Å². The van der Waals surface area contributed by atoms with E-state index in [-0.39, 0.29) is 30.5 Å². The lowest BCUT2D eigenvalue weighted by molar-refractivity contribution is -0.384. The molecule has 1 aliphatic rings. The number of benzene rings is 2. The minimum absolute atomic E-state index is 0.0507. The van der Waals surface area contributed by atoms with Gasteiger partial charge in [0.25, 0.3) is 5.69 Å². The van der Waals surface area contributed by atoms with Crippen molar-refractivity contribution in [3.63, 3.8) is 0 Å². The van der Waals surface area contributed by atoms with E-state index in [4.69, 9.17) is 9.47 Å². The van der Waals surface area contributed by atoms with Crippen LogP contribution in [0.5, 0.6) is 11.5 Å². The summed E-state index contributed by atoms with van der Waals surface area (Å²) in [6.45, 7) is 0.241. The molecule has 0 spiro atoms. The summed E-state index contributed by atoms with van der Waals surface area (Å²) in [5, 5.41) is 10.8. The number of anilines is 2. The maximum atomic E-state index is 12.9. The molecular formula is C20H21N3O6. The van der Waals surface area contributed by atoms with Gasteiger partial charge in [-0.3, -0.25) is 19.7 Å². The number of ether oxygens (including phenoxy) is 2. The molecule has 1 heterocycles. The quantitative estimate of drug-likeness (QED) is 0.547. The molecule has 9 heteroatoms. The number of nitro groups is 1. The molecule has 0 aromatic heterocycles. The summed E-state index contributed by atoms with van der Waals surface area (Å²) in [6, 6.07) is 10.9. The summed E-state index contributed by atoms with van der Waals surface area (Å²) >= 11 is 0. The van der Waals surface area contributed by atoms with E-state index >= 15 is 0 Å². The summed E-state index contributed by atoms with van der Waals surface area (Å²) in [4.78, 5) is 38.7. The lowest BCUT2D eigenvalue weighted by Gasteiger charge is -2.22. The van der Waals surface area contributed by atoms with Crippen LogP contribution < -0.4 is 19.3 Å². The topological polar surface area (TPSA) is 102 Å². The van der Waals surface area contributed by atoms with Crippen LogP contribution in [0.1, 0.15) is 6.42 Å². The number of amides is 2. The van der Waals surface area contributed by atoms with E-state index < -0.39 is 10.8 Å². The third-order valence-corrected chi connectivity index (χ3v) is 4.93. The van der Waals surface area contributed by atoms with E-state index in [0.717, 1.165) is 0 Å². The van der Waals surface area contributed by atoms with Crippen molar-refractivity contribution in [1.29, 1.82) is 0 Å². The van der Waals surface area contributed by atoms with Gasteiger partial charge in [0.15, 0.2) is 11.5 Å². The molecule has 0 radical (unpaired) electrons. The Morgan fingerprint density at radius 3 is 2.38 bits per heavy atom. The van der Waals surface area contributed by atoms with Gasteiger partial charge in [-0.1, -0.05) is 0 Å². The maximum absolute atomic E-state index is 12.9. The van der Waals surface area contributed by atoms with Crippen LogP contribution >= 0.6 is 0 Å². The molecule has 0 N–H and O–H groups in total. The molecule has 1 saturated heterocycles. The van der Waals surface area contributed by atoms with E-state index in [0.29, 0.717) is 22.9 Å². The SMILES string of the molecule is COc1ccc(N2C[C@@H](C(=O)N(C)c3ccc([N+](=O)[O-])cc3)CC2=O)cc1OC.